The van der Waals surface area contributed by atoms with Crippen LogP contribution in [0.25, 0.3) is 0 Å². The second kappa shape index (κ2) is 6.60. The highest BCUT2D eigenvalue weighted by atomic mass is 16.3. The SMILES string of the molecule is C=C1CC[C@]2(C)CC[C@]3(C)[C@H]4CC[C@]5(C=O)C(C)=C(O)C(=O)C[C@H]5[C@]4(C)CC[C@@]3(C)[C@@H]2C1. The molecule has 3 nitrogen and oxygen atoms in total. The number of fused-ring (bicyclic) bond motifs is 7. The van der Waals surface area contributed by atoms with Gasteiger partial charge in [0.1, 0.15) is 6.29 Å². The van der Waals surface area contributed by atoms with E-state index >= 15 is 0 Å². The van der Waals surface area contributed by atoms with E-state index in [9.17, 15) is 14.7 Å². The Morgan fingerprint density at radius 1 is 0.906 bits per heavy atom. The van der Waals surface area contributed by atoms with Crippen LogP contribution >= 0.6 is 0 Å². The van der Waals surface area contributed by atoms with E-state index < -0.39 is 5.41 Å². The lowest BCUT2D eigenvalue weighted by atomic mass is 9.31. The van der Waals surface area contributed by atoms with Crippen molar-refractivity contribution < 1.29 is 14.7 Å². The summed E-state index contributed by atoms with van der Waals surface area (Å²) in [4.78, 5) is 25.4. The number of ketones is 1. The normalized spacial score (nSPS) is 53.1. The predicted octanol–water partition coefficient (Wildman–Crippen LogP) is 6.97. The van der Waals surface area contributed by atoms with E-state index in [0.717, 1.165) is 25.5 Å². The molecule has 1 N–H and O–H groups in total. The zero-order chi connectivity index (χ0) is 23.3. The van der Waals surface area contributed by atoms with Crippen molar-refractivity contribution in [2.45, 2.75) is 98.8 Å². The van der Waals surface area contributed by atoms with Crippen LogP contribution in [-0.2, 0) is 9.59 Å². The summed E-state index contributed by atoms with van der Waals surface area (Å²) in [6.45, 7) is 16.3. The molecular formula is C29H42O3. The van der Waals surface area contributed by atoms with Crippen LogP contribution in [0.15, 0.2) is 23.5 Å². The Kier molecular flexibility index (Phi) is 4.62. The fourth-order valence-electron chi connectivity index (χ4n) is 10.3. The Labute approximate surface area is 194 Å². The van der Waals surface area contributed by atoms with E-state index in [0.29, 0.717) is 29.2 Å². The zero-order valence-electron chi connectivity index (χ0n) is 20.9. The summed E-state index contributed by atoms with van der Waals surface area (Å²) in [6, 6.07) is 0. The summed E-state index contributed by atoms with van der Waals surface area (Å²) in [5, 5.41) is 10.5. The number of allylic oxidation sites excluding steroid dienone is 3. The first kappa shape index (κ1) is 22.4. The average molecular weight is 439 g/mol. The number of carbonyl (C=O) groups excluding carboxylic acids is 2. The van der Waals surface area contributed by atoms with Gasteiger partial charge in [0.05, 0.1) is 5.41 Å². The highest BCUT2D eigenvalue weighted by Gasteiger charge is 2.71. The van der Waals surface area contributed by atoms with Crippen molar-refractivity contribution in [1.29, 1.82) is 0 Å². The van der Waals surface area contributed by atoms with Gasteiger partial charge in [-0.3, -0.25) is 4.79 Å². The van der Waals surface area contributed by atoms with Gasteiger partial charge in [-0.1, -0.05) is 39.8 Å². The number of carbonyl (C=O) groups is 2. The fraction of sp³-hybridized carbons (Fsp3) is 0.793. The molecular weight excluding hydrogens is 396 g/mol. The number of hydrogen-bond acceptors (Lipinski definition) is 3. The molecule has 176 valence electrons. The Balaban J connectivity index is 1.60. The maximum Gasteiger partial charge on any atom is 0.197 e. The van der Waals surface area contributed by atoms with Crippen LogP contribution in [0.1, 0.15) is 98.8 Å². The number of aldehydes is 1. The molecule has 0 saturated heterocycles. The maximum atomic E-state index is 12.8. The summed E-state index contributed by atoms with van der Waals surface area (Å²) in [7, 11) is 0. The van der Waals surface area contributed by atoms with Gasteiger partial charge in [0.15, 0.2) is 11.5 Å². The molecule has 4 saturated carbocycles. The van der Waals surface area contributed by atoms with E-state index in [1.165, 1.54) is 44.1 Å². The first-order valence-electron chi connectivity index (χ1n) is 12.9. The van der Waals surface area contributed by atoms with E-state index in [2.05, 4.69) is 34.3 Å². The molecule has 0 aliphatic heterocycles. The number of aliphatic hydroxyl groups excluding tert-OH is 1. The van der Waals surface area contributed by atoms with Crippen molar-refractivity contribution in [3.05, 3.63) is 23.5 Å². The van der Waals surface area contributed by atoms with Gasteiger partial charge in [-0.2, -0.15) is 0 Å². The van der Waals surface area contributed by atoms with Gasteiger partial charge in [-0.25, -0.2) is 0 Å². The smallest absolute Gasteiger partial charge is 0.197 e. The molecule has 0 aromatic rings. The van der Waals surface area contributed by atoms with Crippen LogP contribution in [-0.4, -0.2) is 17.2 Å². The minimum Gasteiger partial charge on any atom is -0.504 e. The third-order valence-corrected chi connectivity index (χ3v) is 12.6. The van der Waals surface area contributed by atoms with Crippen LogP contribution in [0.4, 0.5) is 0 Å². The van der Waals surface area contributed by atoms with Crippen molar-refractivity contribution in [3.63, 3.8) is 0 Å². The summed E-state index contributed by atoms with van der Waals surface area (Å²) >= 11 is 0. The lowest BCUT2D eigenvalue weighted by Crippen LogP contribution is -2.67. The van der Waals surface area contributed by atoms with Gasteiger partial charge in [0.2, 0.25) is 0 Å². The molecule has 0 aromatic carbocycles. The van der Waals surface area contributed by atoms with Crippen LogP contribution in [0.3, 0.4) is 0 Å². The summed E-state index contributed by atoms with van der Waals surface area (Å²) in [5.74, 6) is 0.885. The third kappa shape index (κ3) is 2.44. The molecule has 0 unspecified atom stereocenters. The summed E-state index contributed by atoms with van der Waals surface area (Å²) in [6.07, 6.45) is 11.6. The van der Waals surface area contributed by atoms with Gasteiger partial charge in [0.25, 0.3) is 0 Å². The zero-order valence-corrected chi connectivity index (χ0v) is 20.9. The highest BCUT2D eigenvalue weighted by molar-refractivity contribution is 5.97. The quantitative estimate of drug-likeness (QED) is 0.355. The molecule has 5 aliphatic carbocycles. The van der Waals surface area contributed by atoms with Crippen LogP contribution in [0, 0.1) is 44.8 Å². The lowest BCUT2D eigenvalue weighted by molar-refractivity contribution is -0.237. The Hall–Kier alpha value is -1.38. The fourth-order valence-corrected chi connectivity index (χ4v) is 10.3. The van der Waals surface area contributed by atoms with Crippen molar-refractivity contribution in [2.75, 3.05) is 0 Å². The molecule has 32 heavy (non-hydrogen) atoms. The molecule has 3 heteroatoms. The number of rotatable bonds is 1. The molecule has 8 atom stereocenters. The predicted molar refractivity (Wildman–Crippen MR) is 127 cm³/mol. The number of Topliss-reactive ketones (excluding diaryl/α,β-unsaturated/α-hetero) is 1. The largest absolute Gasteiger partial charge is 0.504 e. The van der Waals surface area contributed by atoms with Gasteiger partial charge in [0, 0.05) is 6.42 Å². The number of hydrogen-bond donors (Lipinski definition) is 1. The lowest BCUT2D eigenvalue weighted by Gasteiger charge is -2.73. The van der Waals surface area contributed by atoms with Crippen molar-refractivity contribution in [1.82, 2.24) is 0 Å². The second-order valence-electron chi connectivity index (χ2n) is 13.4. The van der Waals surface area contributed by atoms with E-state index in [1.54, 1.807) is 0 Å². The van der Waals surface area contributed by atoms with Gasteiger partial charge < -0.3 is 9.90 Å². The average Bonchev–Trinajstić information content (AvgIpc) is 2.76. The monoisotopic (exact) mass is 438 g/mol. The van der Waals surface area contributed by atoms with Crippen molar-refractivity contribution in [2.24, 2.45) is 44.8 Å². The minimum absolute atomic E-state index is 0.00524. The molecule has 5 rings (SSSR count). The van der Waals surface area contributed by atoms with Crippen LogP contribution in [0.5, 0.6) is 0 Å². The second-order valence-corrected chi connectivity index (χ2v) is 13.4. The maximum absolute atomic E-state index is 12.8. The summed E-state index contributed by atoms with van der Waals surface area (Å²) < 4.78 is 0. The third-order valence-electron chi connectivity index (χ3n) is 12.6. The van der Waals surface area contributed by atoms with Crippen molar-refractivity contribution >= 4 is 12.1 Å². The molecule has 0 aromatic heterocycles. The molecule has 0 bridgehead atoms. The highest BCUT2D eigenvalue weighted by Crippen LogP contribution is 2.77. The molecule has 5 aliphatic rings. The van der Waals surface area contributed by atoms with Crippen LogP contribution < -0.4 is 0 Å². The molecule has 4 fully saturated rings. The Morgan fingerprint density at radius 2 is 1.56 bits per heavy atom. The van der Waals surface area contributed by atoms with Crippen LogP contribution in [0.2, 0.25) is 0 Å². The van der Waals surface area contributed by atoms with Gasteiger partial charge >= 0.3 is 0 Å². The summed E-state index contributed by atoms with van der Waals surface area (Å²) in [5.41, 5.74) is 2.23. The topological polar surface area (TPSA) is 54.4 Å². The molecule has 0 spiro atoms. The van der Waals surface area contributed by atoms with E-state index in [4.69, 9.17) is 0 Å². The van der Waals surface area contributed by atoms with E-state index in [1.807, 2.05) is 6.92 Å². The van der Waals surface area contributed by atoms with Gasteiger partial charge in [-0.15, -0.1) is 0 Å². The number of aliphatic hydroxyl groups is 1. The first-order chi connectivity index (χ1) is 14.9. The van der Waals surface area contributed by atoms with Gasteiger partial charge in [-0.05, 0) is 110 Å². The standard InChI is InChI=1S/C29H42O3/c1-18-7-9-25(3)11-13-27(5)21-8-10-29(17-30)19(2)24(32)20(31)16-23(29)26(21,4)12-14-28(27,6)22(25)15-18/h17,21-23,32H,1,7-16H2,2-6H3/t21-,22+,23-,25+,26+,27+,28-,29-/m0/s1. The minimum atomic E-state index is -0.671. The molecule has 0 amide bonds. The molecule has 0 radical (unpaired) electrons. The Bertz CT molecular complexity index is 931. The molecule has 0 heterocycles. The first-order valence-corrected chi connectivity index (χ1v) is 12.9. The Morgan fingerprint density at radius 3 is 2.25 bits per heavy atom. The van der Waals surface area contributed by atoms with Crippen molar-refractivity contribution in [3.8, 4) is 0 Å². The van der Waals surface area contributed by atoms with E-state index in [-0.39, 0.29) is 33.7 Å².